The van der Waals surface area contributed by atoms with Crippen LogP contribution in [0.3, 0.4) is 0 Å². The van der Waals surface area contributed by atoms with Crippen LogP contribution in [0.1, 0.15) is 153 Å². The number of fused-ring (bicyclic) bond motifs is 8. The number of thioether (sulfide) groups is 1. The normalized spacial score (nSPS) is 20.7. The van der Waals surface area contributed by atoms with E-state index >= 15 is 0 Å². The number of anilines is 2. The van der Waals surface area contributed by atoms with Crippen molar-refractivity contribution in [3.8, 4) is 11.1 Å². The van der Waals surface area contributed by atoms with E-state index < -0.39 is 6.04 Å². The molecule has 15 nitrogen and oxygen atoms in total. The number of halogens is 1. The molecule has 5 aliphatic heterocycles. The number of nitrogen functional groups attached to an aromatic ring is 1. The average Bonchev–Trinajstić information content (AvgIpc) is 4.30. The third-order valence-electron chi connectivity index (χ3n) is 17.0. The summed E-state index contributed by atoms with van der Waals surface area (Å²) >= 11 is 1.61. The maximum absolute atomic E-state index is 14.7. The molecule has 1 unspecified atom stereocenters. The first-order valence-corrected chi connectivity index (χ1v) is 29.4. The summed E-state index contributed by atoms with van der Waals surface area (Å²) in [6.07, 6.45) is 17.2. The number of pyridine rings is 1. The van der Waals surface area contributed by atoms with Crippen LogP contribution >= 0.6 is 11.8 Å². The molecule has 2 aromatic heterocycles. The number of likely N-dealkylation sites (N-methyl/N-ethyl adjacent to an activating group) is 1. The Morgan fingerprint density at radius 2 is 1.58 bits per heavy atom. The molecule has 3 fully saturated rings. The van der Waals surface area contributed by atoms with Crippen molar-refractivity contribution in [2.24, 2.45) is 16.8 Å². The number of carbonyl (C=O) groups excluding carboxylic acids is 5. The zero-order valence-electron chi connectivity index (χ0n) is 45.7. The van der Waals surface area contributed by atoms with Gasteiger partial charge < -0.3 is 30.7 Å². The Kier molecular flexibility index (Phi) is 18.7. The summed E-state index contributed by atoms with van der Waals surface area (Å²) in [6, 6.07) is 13.0. The highest BCUT2D eigenvalue weighted by Crippen LogP contribution is 2.42. The molecule has 0 radical (unpaired) electrons. The number of benzene rings is 2. The van der Waals surface area contributed by atoms with E-state index in [0.717, 1.165) is 124 Å². The lowest BCUT2D eigenvalue weighted by Crippen LogP contribution is -2.48. The second-order valence-corrected chi connectivity index (χ2v) is 23.4. The first-order chi connectivity index (χ1) is 37.3. The number of nitrogens with one attached hydrogen (secondary N) is 1. The minimum absolute atomic E-state index is 0.0234. The maximum atomic E-state index is 14.7. The Labute approximate surface area is 458 Å². The van der Waals surface area contributed by atoms with Gasteiger partial charge in [-0.15, -0.1) is 11.8 Å². The van der Waals surface area contributed by atoms with Crippen LogP contribution in [0.2, 0.25) is 0 Å². The molecule has 5 aliphatic rings. The van der Waals surface area contributed by atoms with Gasteiger partial charge in [-0.3, -0.25) is 33.6 Å². The fourth-order valence-electron chi connectivity index (χ4n) is 12.3. The molecule has 3 N–H and O–H groups in total. The number of amides is 2. The van der Waals surface area contributed by atoms with E-state index in [-0.39, 0.29) is 77.9 Å². The average molecular weight is 1070 g/mol. The summed E-state index contributed by atoms with van der Waals surface area (Å²) in [5.74, 6) is 0.583. The molecular weight excluding hydrogens is 992 g/mol. The van der Waals surface area contributed by atoms with Gasteiger partial charge >= 0.3 is 0 Å². The third-order valence-corrected chi connectivity index (χ3v) is 18.1. The number of nitrogens with zero attached hydrogens (tertiary/aromatic N) is 8. The highest BCUT2D eigenvalue weighted by Gasteiger charge is 2.43. The molecule has 4 aromatic rings. The second kappa shape index (κ2) is 25.8. The quantitative estimate of drug-likeness (QED) is 0.0564. The van der Waals surface area contributed by atoms with Crippen molar-refractivity contribution in [1.82, 2.24) is 34.8 Å². The van der Waals surface area contributed by atoms with E-state index in [1.807, 2.05) is 60.0 Å². The monoisotopic (exact) mass is 1070 g/mol. The number of rotatable bonds is 22. The Morgan fingerprint density at radius 3 is 2.36 bits per heavy atom. The number of hydrogen-bond acceptors (Lipinski definition) is 13. The predicted molar refractivity (Wildman–Crippen MR) is 303 cm³/mol. The SMILES string of the molecule is CN[C@H](C)C(=O)C[C@@H](C(=O)N1CCC[C@@H]1C1=NC(C(=O)c2ccc(C)cc2)CS1)C1CCN(CCCCCCCCC(=O)CCCn2cc3c(n2)CN(C)C(=O)c2ccc(F)cc2[C@H]2CCCN2c2cc-3cnc2N)CC1. The van der Waals surface area contributed by atoms with Crippen LogP contribution in [0.4, 0.5) is 15.9 Å². The molecule has 412 valence electrons. The van der Waals surface area contributed by atoms with Gasteiger partial charge in [-0.05, 0) is 134 Å². The summed E-state index contributed by atoms with van der Waals surface area (Å²) in [4.78, 5) is 86.2. The van der Waals surface area contributed by atoms with E-state index in [4.69, 9.17) is 15.8 Å². The summed E-state index contributed by atoms with van der Waals surface area (Å²) in [5.41, 5.74) is 12.6. The van der Waals surface area contributed by atoms with Crippen LogP contribution in [0.25, 0.3) is 11.1 Å². The number of aryl methyl sites for hydroxylation is 2. The number of nitrogens with two attached hydrogens (primary N) is 1. The first-order valence-electron chi connectivity index (χ1n) is 28.5. The number of ketones is 3. The molecule has 77 heavy (non-hydrogen) atoms. The molecule has 2 bridgehead atoms. The Bertz CT molecular complexity index is 2790. The van der Waals surface area contributed by atoms with E-state index in [9.17, 15) is 28.4 Å². The first kappa shape index (κ1) is 56.0. The molecular formula is C60H79FN10O5S. The van der Waals surface area contributed by atoms with Crippen molar-refractivity contribution < 1.29 is 28.4 Å². The van der Waals surface area contributed by atoms with Gasteiger partial charge in [0.25, 0.3) is 5.91 Å². The van der Waals surface area contributed by atoms with Crippen molar-refractivity contribution in [3.05, 3.63) is 94.7 Å². The molecule has 2 amide bonds. The van der Waals surface area contributed by atoms with Gasteiger partial charge in [0.1, 0.15) is 29.2 Å². The summed E-state index contributed by atoms with van der Waals surface area (Å²) in [7, 11) is 3.54. The summed E-state index contributed by atoms with van der Waals surface area (Å²) in [5, 5.41) is 8.89. The number of aromatic nitrogens is 3. The van der Waals surface area contributed by atoms with Crippen molar-refractivity contribution in [1.29, 1.82) is 0 Å². The predicted octanol–water partition coefficient (Wildman–Crippen LogP) is 9.27. The molecule has 5 atom stereocenters. The number of aliphatic imine (C=N–C) groups is 1. The molecule has 2 aromatic carbocycles. The van der Waals surface area contributed by atoms with Gasteiger partial charge in [-0.2, -0.15) is 5.10 Å². The second-order valence-electron chi connectivity index (χ2n) is 22.3. The van der Waals surface area contributed by atoms with Crippen molar-refractivity contribution in [3.63, 3.8) is 0 Å². The lowest BCUT2D eigenvalue weighted by Gasteiger charge is -2.38. The van der Waals surface area contributed by atoms with Crippen molar-refractivity contribution in [2.45, 2.75) is 154 Å². The number of unbranched alkanes of at least 4 members (excludes halogenated alkanes) is 5. The Morgan fingerprint density at radius 1 is 0.857 bits per heavy atom. The fraction of sp³-hybridized carbons (Fsp3) is 0.567. The Balaban J connectivity index is 0.694. The minimum atomic E-state index is -0.444. The topological polar surface area (TPSA) is 179 Å². The van der Waals surface area contributed by atoms with Gasteiger partial charge in [0.2, 0.25) is 5.91 Å². The van der Waals surface area contributed by atoms with Gasteiger partial charge in [0, 0.05) is 92.3 Å². The van der Waals surface area contributed by atoms with Crippen LogP contribution in [-0.4, -0.2) is 134 Å². The number of piperidine rings is 1. The van der Waals surface area contributed by atoms with Crippen LogP contribution in [0.5, 0.6) is 0 Å². The van der Waals surface area contributed by atoms with Crippen LogP contribution in [0.15, 0.2) is 65.9 Å². The highest BCUT2D eigenvalue weighted by molar-refractivity contribution is 8.14. The van der Waals surface area contributed by atoms with Crippen molar-refractivity contribution >= 4 is 57.5 Å². The molecule has 17 heteroatoms. The lowest BCUT2D eigenvalue weighted by molar-refractivity contribution is -0.140. The van der Waals surface area contributed by atoms with E-state index in [0.29, 0.717) is 72.9 Å². The largest absolute Gasteiger partial charge is 0.382 e. The van der Waals surface area contributed by atoms with Gasteiger partial charge in [-0.25, -0.2) is 9.37 Å². The zero-order chi connectivity index (χ0) is 54.2. The van der Waals surface area contributed by atoms with Gasteiger partial charge in [-0.1, -0.05) is 55.5 Å². The number of hydrogen-bond donors (Lipinski definition) is 2. The van der Waals surface area contributed by atoms with Gasteiger partial charge in [0.15, 0.2) is 5.78 Å². The minimum Gasteiger partial charge on any atom is -0.382 e. The number of Topliss-reactive ketones (excluding diaryl/α,β-unsaturated/α-hetero) is 3. The third kappa shape index (κ3) is 13.4. The molecule has 7 heterocycles. The van der Waals surface area contributed by atoms with E-state index in [2.05, 4.69) is 20.1 Å². The van der Waals surface area contributed by atoms with Crippen molar-refractivity contribution in [2.75, 3.05) is 63.2 Å². The van der Waals surface area contributed by atoms with Crippen LogP contribution in [-0.2, 0) is 27.5 Å². The summed E-state index contributed by atoms with van der Waals surface area (Å²) in [6.45, 7) is 8.90. The lowest BCUT2D eigenvalue weighted by atomic mass is 9.79. The Hall–Kier alpha value is -5.78. The molecule has 0 saturated carbocycles. The number of likely N-dealkylation sites (tertiary alicyclic amines) is 2. The number of carbonyl (C=O) groups is 5. The van der Waals surface area contributed by atoms with Gasteiger partial charge in [0.05, 0.1) is 41.1 Å². The molecule has 3 saturated heterocycles. The van der Waals surface area contributed by atoms with E-state index in [1.165, 1.54) is 12.1 Å². The fourth-order valence-corrected chi connectivity index (χ4v) is 13.5. The maximum Gasteiger partial charge on any atom is 0.254 e. The van der Waals surface area contributed by atoms with E-state index in [1.54, 1.807) is 43.0 Å². The molecule has 0 aliphatic carbocycles. The smallest absolute Gasteiger partial charge is 0.254 e. The molecule has 9 rings (SSSR count). The van der Waals surface area contributed by atoms with Crippen LogP contribution < -0.4 is 16.0 Å². The zero-order valence-corrected chi connectivity index (χ0v) is 46.5. The highest BCUT2D eigenvalue weighted by atomic mass is 32.2. The standard InChI is InChI=1S/C60H79FN10O5S/c1-39-18-20-42(21-19-39)56(74)51-38-77-58(65-51)53-17-13-29-71(53)60(76)47(34-55(73)40(2)63-3)41-24-30-68(31-25-41)26-10-8-6-5-7-9-14-45(72)15-11-27-69-36-49-43-32-54(57(62)64-35-43)70-28-12-16-52(70)48-33-44(61)22-23-46(48)59(75)67(4)37-50(49)66-69/h18-23,32-33,35-36,40-41,47,51-53,63H,5-17,24-31,34,37-38H2,1-4H3,(H2,62,64)/t40-,47-,51?,52-,53-/m1/s1. The molecule has 0 spiro atoms. The van der Waals surface area contributed by atoms with Crippen LogP contribution in [0, 0.1) is 24.6 Å². The summed E-state index contributed by atoms with van der Waals surface area (Å²) < 4.78 is 16.6.